The molecule has 2 aromatic heterocycles. The van der Waals surface area contributed by atoms with Crippen molar-refractivity contribution in [3.05, 3.63) is 35.4 Å². The van der Waals surface area contributed by atoms with Crippen LogP contribution in [0.25, 0.3) is 22.4 Å². The van der Waals surface area contributed by atoms with Crippen molar-refractivity contribution in [1.82, 2.24) is 15.0 Å². The number of imidazole rings is 1. The Bertz CT molecular complexity index is 1080. The molecule has 2 aliphatic rings. The topological polar surface area (TPSA) is 102 Å². The number of pyridine rings is 1. The Labute approximate surface area is 171 Å². The summed E-state index contributed by atoms with van der Waals surface area (Å²) >= 11 is 6.45. The van der Waals surface area contributed by atoms with Crippen LogP contribution in [0.15, 0.2) is 30.3 Å². The Morgan fingerprint density at radius 3 is 2.93 bits per heavy atom. The third-order valence-corrected chi connectivity index (χ3v) is 5.31. The number of benzene rings is 1. The van der Waals surface area contributed by atoms with Crippen molar-refractivity contribution in [2.45, 2.75) is 24.7 Å². The van der Waals surface area contributed by atoms with Gasteiger partial charge in [-0.1, -0.05) is 11.6 Å². The lowest BCUT2D eigenvalue weighted by atomic mass is 10.1. The lowest BCUT2D eigenvalue weighted by Crippen LogP contribution is -2.32. The highest BCUT2D eigenvalue weighted by Gasteiger charge is 2.43. The van der Waals surface area contributed by atoms with Gasteiger partial charge in [0.05, 0.1) is 28.9 Å². The fourth-order valence-corrected chi connectivity index (χ4v) is 3.91. The van der Waals surface area contributed by atoms with Gasteiger partial charge in [-0.25, -0.2) is 4.98 Å². The van der Waals surface area contributed by atoms with E-state index in [1.165, 1.54) is 0 Å². The maximum absolute atomic E-state index is 8.60. The van der Waals surface area contributed by atoms with Crippen molar-refractivity contribution >= 4 is 22.8 Å². The van der Waals surface area contributed by atoms with E-state index in [-0.39, 0.29) is 24.9 Å². The van der Waals surface area contributed by atoms with Gasteiger partial charge in [0.2, 0.25) is 0 Å². The number of nitrogens with one attached hydrogen (secondary N) is 1. The molecule has 0 aliphatic carbocycles. The minimum Gasteiger partial charge on any atom is -0.479 e. The Hall–Kier alpha value is -2.86. The number of H-pyrrole nitrogens is 1. The summed E-state index contributed by atoms with van der Waals surface area (Å²) in [6, 6.07) is 11.3. The molecule has 1 unspecified atom stereocenters. The van der Waals surface area contributed by atoms with Crippen LogP contribution in [0.5, 0.6) is 11.8 Å². The van der Waals surface area contributed by atoms with Gasteiger partial charge >= 0.3 is 0 Å². The predicted molar refractivity (Wildman–Crippen MR) is 104 cm³/mol. The summed E-state index contributed by atoms with van der Waals surface area (Å²) in [7, 11) is 0. The standard InChI is InChI=1S/C20H17ClN4O4/c21-13-9-14-19(24-17(13)11-1-3-12(4-2-11)26-8-6-22)25-20(23-14)29-16-10-28-15-5-7-27-18(15)16/h1-4,9,15-16,18H,5,7-8,10H2,(H,23,24,25)/t15-,16?,18+/m1/s1. The SMILES string of the molecule is N#CCOc1ccc(-c2nc3nc(OC4CO[C@@H]5CCO[C@H]45)[nH]c3cc2Cl)cc1. The van der Waals surface area contributed by atoms with E-state index in [1.54, 1.807) is 18.2 Å². The predicted octanol–water partition coefficient (Wildman–Crippen LogP) is 3.12. The highest BCUT2D eigenvalue weighted by Crippen LogP contribution is 2.32. The van der Waals surface area contributed by atoms with E-state index >= 15 is 0 Å². The Morgan fingerprint density at radius 1 is 1.24 bits per heavy atom. The summed E-state index contributed by atoms with van der Waals surface area (Å²) in [5.74, 6) is 0.606. The molecule has 0 spiro atoms. The van der Waals surface area contributed by atoms with Gasteiger partial charge in [0.1, 0.15) is 17.9 Å². The molecule has 5 rings (SSSR count). The molecule has 3 aromatic rings. The Morgan fingerprint density at radius 2 is 2.10 bits per heavy atom. The molecular formula is C20H17ClN4O4. The molecule has 0 amide bonds. The average molecular weight is 413 g/mol. The lowest BCUT2D eigenvalue weighted by molar-refractivity contribution is 0.0273. The van der Waals surface area contributed by atoms with Crippen LogP contribution < -0.4 is 9.47 Å². The van der Waals surface area contributed by atoms with Gasteiger partial charge in [0.25, 0.3) is 6.01 Å². The van der Waals surface area contributed by atoms with Gasteiger partial charge in [-0.2, -0.15) is 10.2 Å². The quantitative estimate of drug-likeness (QED) is 0.686. The first-order chi connectivity index (χ1) is 14.2. The maximum Gasteiger partial charge on any atom is 0.296 e. The summed E-state index contributed by atoms with van der Waals surface area (Å²) in [6.45, 7) is 1.17. The van der Waals surface area contributed by atoms with Crippen LogP contribution in [-0.4, -0.2) is 53.1 Å². The normalized spacial score (nSPS) is 23.1. The molecular weight excluding hydrogens is 396 g/mol. The summed E-state index contributed by atoms with van der Waals surface area (Å²) in [5.41, 5.74) is 2.61. The highest BCUT2D eigenvalue weighted by atomic mass is 35.5. The highest BCUT2D eigenvalue weighted by molar-refractivity contribution is 6.33. The third-order valence-electron chi connectivity index (χ3n) is 5.02. The van der Waals surface area contributed by atoms with Crippen molar-refractivity contribution in [3.8, 4) is 29.1 Å². The first-order valence-electron chi connectivity index (χ1n) is 9.27. The van der Waals surface area contributed by atoms with Crippen LogP contribution in [0, 0.1) is 11.3 Å². The van der Waals surface area contributed by atoms with Crippen molar-refractivity contribution in [2.24, 2.45) is 0 Å². The van der Waals surface area contributed by atoms with Crippen molar-refractivity contribution in [1.29, 1.82) is 5.26 Å². The van der Waals surface area contributed by atoms with Gasteiger partial charge in [-0.05, 0) is 36.8 Å². The van der Waals surface area contributed by atoms with Crippen molar-refractivity contribution in [3.63, 3.8) is 0 Å². The zero-order valence-corrected chi connectivity index (χ0v) is 16.1. The molecule has 2 saturated heterocycles. The number of nitrogens with zero attached hydrogens (tertiary/aromatic N) is 3. The molecule has 3 atom stereocenters. The number of hydrogen-bond donors (Lipinski definition) is 1. The van der Waals surface area contributed by atoms with E-state index in [4.69, 9.17) is 35.8 Å². The maximum atomic E-state index is 8.60. The zero-order valence-electron chi connectivity index (χ0n) is 15.3. The van der Waals surface area contributed by atoms with Gasteiger partial charge in [-0.3, -0.25) is 0 Å². The van der Waals surface area contributed by atoms with Gasteiger partial charge in [0, 0.05) is 12.2 Å². The molecule has 2 fully saturated rings. The lowest BCUT2D eigenvalue weighted by Gasteiger charge is -2.15. The fraction of sp³-hybridized carbons (Fsp3) is 0.350. The number of halogens is 1. The van der Waals surface area contributed by atoms with Crippen LogP contribution in [0.4, 0.5) is 0 Å². The molecule has 148 valence electrons. The van der Waals surface area contributed by atoms with Gasteiger partial charge in [-0.15, -0.1) is 0 Å². The first kappa shape index (κ1) is 18.2. The van der Waals surface area contributed by atoms with E-state index in [0.717, 1.165) is 12.0 Å². The molecule has 8 nitrogen and oxygen atoms in total. The first-order valence-corrected chi connectivity index (χ1v) is 9.65. The van der Waals surface area contributed by atoms with Crippen molar-refractivity contribution in [2.75, 3.05) is 19.8 Å². The van der Waals surface area contributed by atoms with E-state index in [0.29, 0.717) is 46.9 Å². The third kappa shape index (κ3) is 3.49. The number of rotatable bonds is 5. The zero-order chi connectivity index (χ0) is 19.8. The van der Waals surface area contributed by atoms with Crippen LogP contribution in [0.3, 0.4) is 0 Å². The minimum absolute atomic E-state index is 0.000956. The van der Waals surface area contributed by atoms with Crippen LogP contribution >= 0.6 is 11.6 Å². The van der Waals surface area contributed by atoms with E-state index in [2.05, 4.69) is 15.0 Å². The monoisotopic (exact) mass is 412 g/mol. The second kappa shape index (κ2) is 7.52. The molecule has 29 heavy (non-hydrogen) atoms. The molecule has 0 bridgehead atoms. The Balaban J connectivity index is 1.39. The smallest absolute Gasteiger partial charge is 0.296 e. The van der Waals surface area contributed by atoms with E-state index < -0.39 is 0 Å². The minimum atomic E-state index is -0.195. The van der Waals surface area contributed by atoms with E-state index in [9.17, 15) is 0 Å². The number of aromatic nitrogens is 3. The fourth-order valence-electron chi connectivity index (χ4n) is 3.65. The van der Waals surface area contributed by atoms with Crippen LogP contribution in [-0.2, 0) is 9.47 Å². The molecule has 9 heteroatoms. The van der Waals surface area contributed by atoms with Gasteiger partial charge in [0.15, 0.2) is 18.4 Å². The summed E-state index contributed by atoms with van der Waals surface area (Å²) in [5, 5.41) is 9.08. The molecule has 1 N–H and O–H groups in total. The number of ether oxygens (including phenoxy) is 4. The molecule has 1 aromatic carbocycles. The summed E-state index contributed by atoms with van der Waals surface area (Å²) in [4.78, 5) is 12.2. The van der Waals surface area contributed by atoms with Crippen molar-refractivity contribution < 1.29 is 18.9 Å². The molecule has 4 heterocycles. The summed E-state index contributed by atoms with van der Waals surface area (Å²) in [6.07, 6.45) is 0.741. The number of aromatic amines is 1. The average Bonchev–Trinajstić information content (AvgIpc) is 3.43. The largest absolute Gasteiger partial charge is 0.479 e. The molecule has 0 saturated carbocycles. The van der Waals surface area contributed by atoms with Crippen LogP contribution in [0.2, 0.25) is 5.02 Å². The van der Waals surface area contributed by atoms with Crippen LogP contribution in [0.1, 0.15) is 6.42 Å². The number of hydrogen-bond acceptors (Lipinski definition) is 7. The second-order valence-electron chi connectivity index (χ2n) is 6.86. The number of nitriles is 1. The van der Waals surface area contributed by atoms with Gasteiger partial charge < -0.3 is 23.9 Å². The van der Waals surface area contributed by atoms with E-state index in [1.807, 2.05) is 18.2 Å². The molecule has 0 radical (unpaired) electrons. The Kier molecular flexibility index (Phi) is 4.72. The molecule has 2 aliphatic heterocycles. The summed E-state index contributed by atoms with van der Waals surface area (Å²) < 4.78 is 22.7. The number of fused-ring (bicyclic) bond motifs is 2. The second-order valence-corrected chi connectivity index (χ2v) is 7.26.